The van der Waals surface area contributed by atoms with Crippen molar-refractivity contribution in [1.82, 2.24) is 30.0 Å². The zero-order valence-corrected chi connectivity index (χ0v) is 20.5. The molecule has 3 N–H and O–H groups in total. The van der Waals surface area contributed by atoms with Gasteiger partial charge in [0.15, 0.2) is 5.82 Å². The van der Waals surface area contributed by atoms with Crippen molar-refractivity contribution < 1.29 is 13.2 Å². The lowest BCUT2D eigenvalue weighted by Crippen LogP contribution is -2.45. The predicted octanol–water partition coefficient (Wildman–Crippen LogP) is 4.83. The van der Waals surface area contributed by atoms with Crippen molar-refractivity contribution in [3.8, 4) is 0 Å². The smallest absolute Gasteiger partial charge is 0.338 e. The summed E-state index contributed by atoms with van der Waals surface area (Å²) < 4.78 is 36.9. The van der Waals surface area contributed by atoms with E-state index < -0.39 is 6.18 Å². The van der Waals surface area contributed by atoms with Crippen molar-refractivity contribution in [2.75, 3.05) is 48.8 Å². The van der Waals surface area contributed by atoms with E-state index in [4.69, 9.17) is 0 Å². The van der Waals surface area contributed by atoms with Crippen LogP contribution in [0.25, 0.3) is 5.57 Å². The Morgan fingerprint density at radius 3 is 2.35 bits per heavy atom. The number of benzene rings is 1. The van der Waals surface area contributed by atoms with Crippen LogP contribution in [0, 0.1) is 6.92 Å². The topological polar surface area (TPSA) is 97.9 Å². The minimum Gasteiger partial charge on any atom is -0.338 e. The van der Waals surface area contributed by atoms with E-state index >= 15 is 0 Å². The van der Waals surface area contributed by atoms with E-state index in [0.717, 1.165) is 37.9 Å². The van der Waals surface area contributed by atoms with Gasteiger partial charge in [0.25, 0.3) is 0 Å². The Morgan fingerprint density at radius 1 is 1.00 bits per heavy atom. The van der Waals surface area contributed by atoms with Gasteiger partial charge in [-0.3, -0.25) is 5.10 Å². The monoisotopic (exact) mass is 511 g/mol. The molecule has 0 atom stereocenters. The summed E-state index contributed by atoms with van der Waals surface area (Å²) in [5, 5.41) is 13.5. The molecule has 4 rings (SSSR count). The van der Waals surface area contributed by atoms with E-state index in [-0.39, 0.29) is 6.08 Å². The highest BCUT2D eigenvalue weighted by molar-refractivity contribution is 5.75. The highest BCUT2D eigenvalue weighted by atomic mass is 19.4. The van der Waals surface area contributed by atoms with Crippen molar-refractivity contribution in [1.29, 1.82) is 0 Å². The van der Waals surface area contributed by atoms with Gasteiger partial charge in [-0.15, -0.1) is 0 Å². The van der Waals surface area contributed by atoms with Crippen LogP contribution < -0.4 is 15.5 Å². The second-order valence-corrected chi connectivity index (χ2v) is 8.55. The lowest BCUT2D eigenvalue weighted by molar-refractivity contribution is -0.0798. The number of nitrogens with zero attached hydrogens (tertiary/aromatic N) is 6. The summed E-state index contributed by atoms with van der Waals surface area (Å²) in [6.45, 7) is 9.09. The number of piperazine rings is 1. The lowest BCUT2D eigenvalue weighted by atomic mass is 10.1. The fourth-order valence-electron chi connectivity index (χ4n) is 3.63. The number of rotatable bonds is 8. The van der Waals surface area contributed by atoms with E-state index in [1.807, 2.05) is 37.3 Å². The number of aromatic nitrogens is 5. The number of hydrogen-bond acceptors (Lipinski definition) is 8. The zero-order valence-electron chi connectivity index (χ0n) is 20.5. The quantitative estimate of drug-likeness (QED) is 0.370. The molecule has 1 fully saturated rings. The number of anilines is 5. The third-order valence-corrected chi connectivity index (χ3v) is 5.69. The number of alkyl halides is 3. The Labute approximate surface area is 212 Å². The number of para-hydroxylation sites is 1. The molecule has 12 heteroatoms. The number of hydrogen-bond donors (Lipinski definition) is 3. The van der Waals surface area contributed by atoms with E-state index in [0.29, 0.717) is 40.5 Å². The van der Waals surface area contributed by atoms with Crippen LogP contribution in [0.4, 0.5) is 42.5 Å². The number of likely N-dealkylation sites (N-methyl/N-ethyl adjacent to an activating group) is 1. The van der Waals surface area contributed by atoms with Gasteiger partial charge in [-0.1, -0.05) is 43.0 Å². The summed E-state index contributed by atoms with van der Waals surface area (Å²) in [4.78, 5) is 18.1. The SMILES string of the molecule is C=C(/C=C\C=C\C(F)(F)F)c1[nH]nc(Nc2nc(Nc3ccccc3)nc(N3CCN(C)CC3)n2)c1C. The van der Waals surface area contributed by atoms with Gasteiger partial charge in [0.2, 0.25) is 17.8 Å². The molecule has 0 radical (unpaired) electrons. The molecule has 0 saturated carbocycles. The molecule has 0 unspecified atom stereocenters. The molecule has 3 heterocycles. The molecule has 0 amide bonds. The third-order valence-electron chi connectivity index (χ3n) is 5.69. The van der Waals surface area contributed by atoms with E-state index in [1.54, 1.807) is 0 Å². The van der Waals surface area contributed by atoms with Gasteiger partial charge < -0.3 is 20.4 Å². The lowest BCUT2D eigenvalue weighted by Gasteiger charge is -2.32. The number of allylic oxidation sites excluding steroid dienone is 5. The van der Waals surface area contributed by atoms with Gasteiger partial charge >= 0.3 is 6.18 Å². The van der Waals surface area contributed by atoms with Crippen LogP contribution in [0.2, 0.25) is 0 Å². The Bertz CT molecular complexity index is 1270. The first-order chi connectivity index (χ1) is 17.7. The second kappa shape index (κ2) is 11.2. The van der Waals surface area contributed by atoms with Crippen LogP contribution in [0.3, 0.4) is 0 Å². The van der Waals surface area contributed by atoms with E-state index in [2.05, 4.69) is 59.2 Å². The maximum atomic E-state index is 12.3. The van der Waals surface area contributed by atoms with Crippen LogP contribution in [0.1, 0.15) is 11.3 Å². The number of nitrogens with one attached hydrogen (secondary N) is 3. The first kappa shape index (κ1) is 25.9. The molecule has 1 aromatic carbocycles. The summed E-state index contributed by atoms with van der Waals surface area (Å²) in [5.74, 6) is 1.70. The predicted molar refractivity (Wildman–Crippen MR) is 139 cm³/mol. The van der Waals surface area contributed by atoms with Crippen LogP contribution >= 0.6 is 0 Å². The Morgan fingerprint density at radius 2 is 1.68 bits per heavy atom. The molecule has 2 aromatic heterocycles. The fourth-order valence-corrected chi connectivity index (χ4v) is 3.63. The van der Waals surface area contributed by atoms with Gasteiger partial charge in [0, 0.05) is 43.5 Å². The summed E-state index contributed by atoms with van der Waals surface area (Å²) in [6.07, 6.45) is -0.540. The molecule has 0 aliphatic carbocycles. The van der Waals surface area contributed by atoms with Crippen LogP contribution in [0.5, 0.6) is 0 Å². The number of aromatic amines is 1. The minimum absolute atomic E-state index is 0.156. The number of H-pyrrole nitrogens is 1. The van der Waals surface area contributed by atoms with E-state index in [1.165, 1.54) is 12.2 Å². The average molecular weight is 512 g/mol. The van der Waals surface area contributed by atoms with Crippen LogP contribution in [-0.4, -0.2) is 69.5 Å². The highest BCUT2D eigenvalue weighted by Gasteiger charge is 2.21. The normalized spacial score (nSPS) is 15.0. The third kappa shape index (κ3) is 7.17. The first-order valence-corrected chi connectivity index (χ1v) is 11.6. The standard InChI is InChI=1S/C25H28F3N9/c1-17(9-7-8-12-25(26,27)28)20-18(2)21(35-34-20)30-23-31-22(29-19-10-5-4-6-11-19)32-24(33-23)37-15-13-36(3)14-16-37/h4-12H,1,13-16H2,2-3H3,(H3,29,30,31,32,33,34,35)/b9-7-,12-8+. The summed E-state index contributed by atoms with van der Waals surface area (Å²) in [5.41, 5.74) is 2.61. The molecule has 1 aliphatic heterocycles. The average Bonchev–Trinajstić information content (AvgIpc) is 3.22. The Hall–Kier alpha value is -4.19. The Balaban J connectivity index is 1.56. The van der Waals surface area contributed by atoms with Crippen molar-refractivity contribution in [2.24, 2.45) is 0 Å². The van der Waals surface area contributed by atoms with Gasteiger partial charge in [-0.2, -0.15) is 33.2 Å². The van der Waals surface area contributed by atoms with Crippen molar-refractivity contribution in [3.63, 3.8) is 0 Å². The maximum absolute atomic E-state index is 12.3. The molecule has 0 bridgehead atoms. The molecule has 194 valence electrons. The minimum atomic E-state index is -4.37. The summed E-state index contributed by atoms with van der Waals surface area (Å²) >= 11 is 0. The Kier molecular flexibility index (Phi) is 7.87. The largest absolute Gasteiger partial charge is 0.409 e. The fraction of sp³-hybridized carbons (Fsp3) is 0.280. The zero-order chi connectivity index (χ0) is 26.4. The molecule has 3 aromatic rings. The van der Waals surface area contributed by atoms with Gasteiger partial charge in [0.05, 0.1) is 5.69 Å². The van der Waals surface area contributed by atoms with Crippen LogP contribution in [0.15, 0.2) is 61.2 Å². The van der Waals surface area contributed by atoms with Gasteiger partial charge in [-0.25, -0.2) is 0 Å². The molecule has 37 heavy (non-hydrogen) atoms. The summed E-state index contributed by atoms with van der Waals surface area (Å²) in [7, 11) is 2.08. The molecular weight excluding hydrogens is 483 g/mol. The maximum Gasteiger partial charge on any atom is 0.409 e. The second-order valence-electron chi connectivity index (χ2n) is 8.55. The van der Waals surface area contributed by atoms with E-state index in [9.17, 15) is 13.2 Å². The highest BCUT2D eigenvalue weighted by Crippen LogP contribution is 2.26. The van der Waals surface area contributed by atoms with Crippen molar-refractivity contribution in [3.05, 3.63) is 72.5 Å². The number of halogens is 3. The first-order valence-electron chi connectivity index (χ1n) is 11.6. The van der Waals surface area contributed by atoms with Crippen molar-refractivity contribution >= 4 is 34.9 Å². The molecular formula is C25H28F3N9. The van der Waals surface area contributed by atoms with Crippen molar-refractivity contribution in [2.45, 2.75) is 13.1 Å². The molecule has 1 aliphatic rings. The molecule has 1 saturated heterocycles. The van der Waals surface area contributed by atoms with Gasteiger partial charge in [-0.05, 0) is 31.7 Å². The summed E-state index contributed by atoms with van der Waals surface area (Å²) in [6, 6.07) is 9.59. The molecule has 0 spiro atoms. The molecule has 9 nitrogen and oxygen atoms in total. The van der Waals surface area contributed by atoms with Gasteiger partial charge in [0.1, 0.15) is 0 Å². The van der Waals surface area contributed by atoms with Crippen LogP contribution in [-0.2, 0) is 0 Å².